The summed E-state index contributed by atoms with van der Waals surface area (Å²) in [5.41, 5.74) is 5.59. The number of carbonyl (C=O) groups excluding carboxylic acids is 1. The highest BCUT2D eigenvalue weighted by Gasteiger charge is 2.32. The maximum atomic E-state index is 15.2. The number of hydrogen-bond acceptors (Lipinski definition) is 7. The molecular weight excluding hydrogens is 561 g/mol. The Balaban J connectivity index is 1.18. The van der Waals surface area contributed by atoms with Gasteiger partial charge in [0.2, 0.25) is 0 Å². The van der Waals surface area contributed by atoms with Gasteiger partial charge in [0.05, 0.1) is 24.2 Å². The van der Waals surface area contributed by atoms with E-state index in [-0.39, 0.29) is 17.2 Å². The molecule has 7 rings (SSSR count). The molecule has 0 saturated carbocycles. The van der Waals surface area contributed by atoms with Crippen LogP contribution in [0.25, 0.3) is 11.1 Å². The van der Waals surface area contributed by atoms with E-state index in [1.165, 1.54) is 29.6 Å². The number of fused-ring (bicyclic) bond motifs is 3. The summed E-state index contributed by atoms with van der Waals surface area (Å²) in [5, 5.41) is 13.6. The summed E-state index contributed by atoms with van der Waals surface area (Å²) in [7, 11) is 2.11. The SMILES string of the molecule is CN1CCN(c2ccc(Nc3cc(-c4cc(F)cc(N5CCn6c(cc7c6CCCC7)C5=O)c4CO)c[nH]c3=O)nc2)CC1. The molecule has 1 aromatic carbocycles. The summed E-state index contributed by atoms with van der Waals surface area (Å²) in [5.74, 6) is -0.244. The normalized spacial score (nSPS) is 17.0. The summed E-state index contributed by atoms with van der Waals surface area (Å²) in [6, 6.07) is 10.0. The number of aryl methyl sites for hydroxylation is 1. The van der Waals surface area contributed by atoms with Gasteiger partial charge >= 0.3 is 0 Å². The van der Waals surface area contributed by atoms with Gasteiger partial charge in [-0.05, 0) is 80.3 Å². The van der Waals surface area contributed by atoms with Crippen LogP contribution < -0.4 is 20.7 Å². The number of aromatic amines is 1. The molecule has 0 atom stereocenters. The van der Waals surface area contributed by atoms with Crippen LogP contribution in [0.3, 0.4) is 0 Å². The van der Waals surface area contributed by atoms with Crippen molar-refractivity contribution >= 4 is 28.8 Å². The number of amides is 1. The predicted octanol–water partition coefficient (Wildman–Crippen LogP) is 3.90. The van der Waals surface area contributed by atoms with Gasteiger partial charge in [0, 0.05) is 62.3 Å². The minimum atomic E-state index is -0.540. The Kier molecular flexibility index (Phi) is 7.43. The van der Waals surface area contributed by atoms with Crippen LogP contribution in [0.4, 0.5) is 27.3 Å². The van der Waals surface area contributed by atoms with Gasteiger partial charge in [0.1, 0.15) is 23.0 Å². The maximum Gasteiger partial charge on any atom is 0.274 e. The maximum absolute atomic E-state index is 15.2. The van der Waals surface area contributed by atoms with Gasteiger partial charge in [-0.1, -0.05) is 0 Å². The average molecular weight is 598 g/mol. The Morgan fingerprint density at radius 1 is 1.00 bits per heavy atom. The van der Waals surface area contributed by atoms with Crippen LogP contribution in [0.1, 0.15) is 40.2 Å². The first kappa shape index (κ1) is 28.3. The number of piperazine rings is 1. The number of nitrogens with zero attached hydrogens (tertiary/aromatic N) is 5. The Morgan fingerprint density at radius 3 is 2.59 bits per heavy atom. The molecule has 0 radical (unpaired) electrons. The van der Waals surface area contributed by atoms with E-state index in [9.17, 15) is 14.7 Å². The van der Waals surface area contributed by atoms with Crippen molar-refractivity contribution in [1.82, 2.24) is 19.4 Å². The van der Waals surface area contributed by atoms with Gasteiger partial charge in [-0.3, -0.25) is 9.59 Å². The number of halogens is 1. The third-order valence-corrected chi connectivity index (χ3v) is 9.15. The highest BCUT2D eigenvalue weighted by atomic mass is 19.1. The van der Waals surface area contributed by atoms with Crippen molar-refractivity contribution in [1.29, 1.82) is 0 Å². The third kappa shape index (κ3) is 5.16. The summed E-state index contributed by atoms with van der Waals surface area (Å²) in [6.45, 7) is 4.39. The molecule has 10 nitrogen and oxygen atoms in total. The molecule has 4 aromatic rings. The Hall–Kier alpha value is -4.48. The zero-order chi connectivity index (χ0) is 30.4. The van der Waals surface area contributed by atoms with Crippen molar-refractivity contribution in [3.63, 3.8) is 0 Å². The van der Waals surface area contributed by atoms with Crippen molar-refractivity contribution in [3.8, 4) is 11.1 Å². The lowest BCUT2D eigenvalue weighted by molar-refractivity contribution is 0.0964. The molecule has 11 heteroatoms. The molecule has 0 spiro atoms. The van der Waals surface area contributed by atoms with Gasteiger partial charge in [0.25, 0.3) is 11.5 Å². The minimum Gasteiger partial charge on any atom is -0.392 e. The molecule has 5 heterocycles. The molecule has 3 aromatic heterocycles. The fraction of sp³-hybridized carbons (Fsp3) is 0.364. The van der Waals surface area contributed by atoms with Crippen LogP contribution in [0, 0.1) is 5.82 Å². The zero-order valence-electron chi connectivity index (χ0n) is 24.8. The highest BCUT2D eigenvalue weighted by molar-refractivity contribution is 6.07. The van der Waals surface area contributed by atoms with E-state index in [4.69, 9.17) is 0 Å². The number of nitrogens with one attached hydrogen (secondary N) is 2. The first-order valence-corrected chi connectivity index (χ1v) is 15.3. The molecule has 44 heavy (non-hydrogen) atoms. The van der Waals surface area contributed by atoms with E-state index in [2.05, 4.69) is 36.7 Å². The van der Waals surface area contributed by atoms with Crippen LogP contribution >= 0.6 is 0 Å². The summed E-state index contributed by atoms with van der Waals surface area (Å²) in [6.07, 6.45) is 7.44. The average Bonchev–Trinajstić information content (AvgIpc) is 3.42. The molecule has 3 aliphatic rings. The molecule has 228 valence electrons. The van der Waals surface area contributed by atoms with Crippen molar-refractivity contribution < 1.29 is 14.3 Å². The second-order valence-electron chi connectivity index (χ2n) is 11.9. The van der Waals surface area contributed by atoms with Gasteiger partial charge in [-0.2, -0.15) is 0 Å². The lowest BCUT2D eigenvalue weighted by Gasteiger charge is -2.33. The number of aliphatic hydroxyl groups excluding tert-OH is 1. The van der Waals surface area contributed by atoms with Crippen molar-refractivity contribution in [2.75, 3.05) is 54.9 Å². The molecule has 0 bridgehead atoms. The molecule has 2 aliphatic heterocycles. The number of anilines is 4. The van der Waals surface area contributed by atoms with Gasteiger partial charge in [-0.25, -0.2) is 9.37 Å². The zero-order valence-corrected chi connectivity index (χ0v) is 24.8. The topological polar surface area (TPSA) is 110 Å². The van der Waals surface area contributed by atoms with Crippen molar-refractivity contribution in [3.05, 3.63) is 87.5 Å². The van der Waals surface area contributed by atoms with Crippen molar-refractivity contribution in [2.45, 2.75) is 38.8 Å². The summed E-state index contributed by atoms with van der Waals surface area (Å²) in [4.78, 5) is 39.9. The number of aliphatic hydroxyl groups is 1. The van der Waals surface area contributed by atoms with Crippen LogP contribution in [-0.2, 0) is 26.0 Å². The monoisotopic (exact) mass is 597 g/mol. The van der Waals surface area contributed by atoms with E-state index in [1.54, 1.807) is 17.2 Å². The molecule has 1 fully saturated rings. The van der Waals surface area contributed by atoms with E-state index in [0.717, 1.165) is 57.5 Å². The van der Waals surface area contributed by atoms with Gasteiger partial charge < -0.3 is 34.7 Å². The Bertz CT molecular complexity index is 1770. The number of pyridine rings is 2. The molecular formula is C33H36FN7O3. The largest absolute Gasteiger partial charge is 0.392 e. The molecule has 1 aliphatic carbocycles. The number of hydrogen-bond donors (Lipinski definition) is 3. The minimum absolute atomic E-state index is 0.202. The summed E-state index contributed by atoms with van der Waals surface area (Å²) >= 11 is 0. The Labute approximate surface area is 254 Å². The lowest BCUT2D eigenvalue weighted by atomic mass is 9.98. The third-order valence-electron chi connectivity index (χ3n) is 9.15. The van der Waals surface area contributed by atoms with Crippen molar-refractivity contribution in [2.24, 2.45) is 0 Å². The lowest BCUT2D eigenvalue weighted by Crippen LogP contribution is -2.44. The smallest absolute Gasteiger partial charge is 0.274 e. The quantitative estimate of drug-likeness (QED) is 0.309. The first-order valence-electron chi connectivity index (χ1n) is 15.3. The summed E-state index contributed by atoms with van der Waals surface area (Å²) < 4.78 is 17.3. The van der Waals surface area contributed by atoms with E-state index < -0.39 is 12.4 Å². The van der Waals surface area contributed by atoms with Crippen LogP contribution in [-0.4, -0.2) is 70.2 Å². The number of aromatic nitrogens is 3. The first-order chi connectivity index (χ1) is 21.4. The predicted molar refractivity (Wildman–Crippen MR) is 168 cm³/mol. The number of benzene rings is 1. The number of likely N-dealkylation sites (N-methyl/N-ethyl adjacent to an activating group) is 1. The van der Waals surface area contributed by atoms with E-state index >= 15 is 4.39 Å². The second-order valence-corrected chi connectivity index (χ2v) is 11.9. The van der Waals surface area contributed by atoms with Gasteiger partial charge in [-0.15, -0.1) is 0 Å². The highest BCUT2D eigenvalue weighted by Crippen LogP contribution is 2.36. The second kappa shape index (κ2) is 11.5. The van der Waals surface area contributed by atoms with Crippen LogP contribution in [0.2, 0.25) is 0 Å². The number of rotatable bonds is 6. The van der Waals surface area contributed by atoms with Crippen LogP contribution in [0.5, 0.6) is 0 Å². The van der Waals surface area contributed by atoms with Crippen LogP contribution in [0.15, 0.2) is 53.6 Å². The standard InChI is InChI=1S/C33H36FN7O3/c1-38-8-10-39(11-9-38)24-6-7-31(35-19-24)37-27-14-22(18-36-32(27)43)25-16-23(34)17-29(26(25)20-42)41-13-12-40-28-5-3-2-4-21(28)15-30(40)33(41)44/h6-7,14-19,42H,2-5,8-13,20H2,1H3,(H,35,37)(H,36,43). The molecule has 0 unspecified atom stereocenters. The van der Waals surface area contributed by atoms with E-state index in [0.29, 0.717) is 47.0 Å². The molecule has 1 amide bonds. The fourth-order valence-electron chi connectivity index (χ4n) is 6.74. The fourth-order valence-corrected chi connectivity index (χ4v) is 6.74. The Morgan fingerprint density at radius 2 is 1.82 bits per heavy atom. The van der Waals surface area contributed by atoms with Gasteiger partial charge in [0.15, 0.2) is 0 Å². The molecule has 1 saturated heterocycles. The number of H-pyrrole nitrogens is 1. The molecule has 3 N–H and O–H groups in total. The van der Waals surface area contributed by atoms with E-state index in [1.807, 2.05) is 18.2 Å². The number of carbonyl (C=O) groups is 1.